The van der Waals surface area contributed by atoms with Crippen LogP contribution >= 0.6 is 0 Å². The molecule has 0 bridgehead atoms. The minimum absolute atomic E-state index is 0.0757. The van der Waals surface area contributed by atoms with E-state index in [1.54, 1.807) is 42.5 Å². The van der Waals surface area contributed by atoms with E-state index in [0.717, 1.165) is 16.2 Å². The molecular formula is C31H32N2O6. The van der Waals surface area contributed by atoms with Crippen molar-refractivity contribution in [1.82, 2.24) is 5.32 Å². The number of carbonyl (C=O) groups excluding carboxylic acids is 3. The molecule has 0 atom stereocenters. The third-order valence-corrected chi connectivity index (χ3v) is 6.22. The van der Waals surface area contributed by atoms with Crippen molar-refractivity contribution in [1.29, 1.82) is 0 Å². The van der Waals surface area contributed by atoms with Gasteiger partial charge in [-0.05, 0) is 65.9 Å². The number of ether oxygens (including phenoxy) is 3. The second-order valence-electron chi connectivity index (χ2n) is 10.2. The lowest BCUT2D eigenvalue weighted by molar-refractivity contribution is -0.122. The lowest BCUT2D eigenvalue weighted by Gasteiger charge is -2.26. The van der Waals surface area contributed by atoms with Crippen molar-refractivity contribution in [3.05, 3.63) is 89.0 Å². The summed E-state index contributed by atoms with van der Waals surface area (Å²) in [6, 6.07) is 19.1. The fourth-order valence-electron chi connectivity index (χ4n) is 4.01. The first kappa shape index (κ1) is 27.4. The fraction of sp³-hybridized carbons (Fsp3) is 0.258. The molecule has 0 saturated carbocycles. The summed E-state index contributed by atoms with van der Waals surface area (Å²) in [5, 5.41) is 2.23. The quantitative estimate of drug-likeness (QED) is 0.238. The molecule has 0 aliphatic carbocycles. The molecule has 0 unspecified atom stereocenters. The summed E-state index contributed by atoms with van der Waals surface area (Å²) in [5.41, 5.74) is 3.02. The molecule has 1 aliphatic rings. The van der Waals surface area contributed by atoms with Crippen molar-refractivity contribution in [3.63, 3.8) is 0 Å². The Morgan fingerprint density at radius 2 is 1.51 bits per heavy atom. The van der Waals surface area contributed by atoms with E-state index in [1.807, 2.05) is 19.1 Å². The van der Waals surface area contributed by atoms with Gasteiger partial charge in [-0.1, -0.05) is 56.7 Å². The molecule has 3 aromatic carbocycles. The molecule has 0 radical (unpaired) electrons. The van der Waals surface area contributed by atoms with Crippen LogP contribution in [0.1, 0.15) is 37.5 Å². The predicted octanol–water partition coefficient (Wildman–Crippen LogP) is 5.43. The maximum absolute atomic E-state index is 13.1. The molecule has 8 nitrogen and oxygen atoms in total. The average Bonchev–Trinajstić information content (AvgIpc) is 2.90. The Hall–Kier alpha value is -4.59. The van der Waals surface area contributed by atoms with Crippen LogP contribution in [0.15, 0.2) is 72.3 Å². The summed E-state index contributed by atoms with van der Waals surface area (Å²) in [7, 11) is 1.50. The monoisotopic (exact) mass is 528 g/mol. The SMILES string of the molecule is COc1cc(/C=C2\C(=O)NC(=O)N(c3ccc(C)cc3)C2=O)ccc1OCCOc1ccc(C(C)(C)C)cc1. The molecule has 8 heteroatoms. The van der Waals surface area contributed by atoms with Crippen molar-refractivity contribution in [2.24, 2.45) is 0 Å². The highest BCUT2D eigenvalue weighted by atomic mass is 16.5. The van der Waals surface area contributed by atoms with Gasteiger partial charge < -0.3 is 14.2 Å². The third kappa shape index (κ3) is 6.46. The standard InChI is InChI=1S/C31H32N2O6/c1-20-6-11-23(12-7-20)33-29(35)25(28(34)32-30(33)36)18-21-8-15-26(27(19-21)37-5)39-17-16-38-24-13-9-22(10-14-24)31(2,3)4/h6-15,18-19H,16-17H2,1-5H3,(H,32,34,36)/b25-18+. The van der Waals surface area contributed by atoms with E-state index in [2.05, 4.69) is 38.2 Å². The van der Waals surface area contributed by atoms with Gasteiger partial charge in [-0.25, -0.2) is 9.69 Å². The first-order chi connectivity index (χ1) is 18.6. The highest BCUT2D eigenvalue weighted by Crippen LogP contribution is 2.30. The van der Waals surface area contributed by atoms with Crippen LogP contribution in [0.4, 0.5) is 10.5 Å². The van der Waals surface area contributed by atoms with Gasteiger partial charge in [0.25, 0.3) is 11.8 Å². The normalized spacial score (nSPS) is 14.8. The molecule has 1 N–H and O–H groups in total. The van der Waals surface area contributed by atoms with Gasteiger partial charge in [0.1, 0.15) is 24.5 Å². The van der Waals surface area contributed by atoms with Gasteiger partial charge in [0.05, 0.1) is 12.8 Å². The Labute approximate surface area is 228 Å². The highest BCUT2D eigenvalue weighted by Gasteiger charge is 2.36. The number of nitrogens with zero attached hydrogens (tertiary/aromatic N) is 1. The van der Waals surface area contributed by atoms with Crippen LogP contribution in [0.2, 0.25) is 0 Å². The lowest BCUT2D eigenvalue weighted by atomic mass is 9.87. The zero-order chi connectivity index (χ0) is 28.2. The van der Waals surface area contributed by atoms with Gasteiger partial charge in [-0.3, -0.25) is 14.9 Å². The van der Waals surface area contributed by atoms with Crippen molar-refractivity contribution >= 4 is 29.6 Å². The minimum atomic E-state index is -0.792. The molecule has 39 heavy (non-hydrogen) atoms. The average molecular weight is 529 g/mol. The van der Waals surface area contributed by atoms with Crippen LogP contribution in [-0.2, 0) is 15.0 Å². The minimum Gasteiger partial charge on any atom is -0.493 e. The number of rotatable bonds is 8. The summed E-state index contributed by atoms with van der Waals surface area (Å²) in [6.45, 7) is 9.00. The second kappa shape index (κ2) is 11.4. The third-order valence-electron chi connectivity index (χ3n) is 6.22. The van der Waals surface area contributed by atoms with Crippen molar-refractivity contribution in [2.45, 2.75) is 33.1 Å². The molecule has 0 aromatic heterocycles. The van der Waals surface area contributed by atoms with E-state index < -0.39 is 17.8 Å². The number of aryl methyl sites for hydroxylation is 1. The molecular weight excluding hydrogens is 496 g/mol. The van der Waals surface area contributed by atoms with Gasteiger partial charge in [0, 0.05) is 0 Å². The van der Waals surface area contributed by atoms with Gasteiger partial charge in [0.2, 0.25) is 0 Å². The summed E-state index contributed by atoms with van der Waals surface area (Å²) < 4.78 is 17.1. The Morgan fingerprint density at radius 1 is 0.846 bits per heavy atom. The van der Waals surface area contributed by atoms with E-state index in [4.69, 9.17) is 14.2 Å². The Bertz CT molecular complexity index is 1400. The number of carbonyl (C=O) groups is 3. The van der Waals surface area contributed by atoms with Crippen LogP contribution in [0.5, 0.6) is 17.2 Å². The van der Waals surface area contributed by atoms with Gasteiger partial charge in [0.15, 0.2) is 11.5 Å². The van der Waals surface area contributed by atoms with Crippen LogP contribution < -0.4 is 24.4 Å². The number of amides is 4. The Balaban J connectivity index is 1.43. The summed E-state index contributed by atoms with van der Waals surface area (Å²) in [5.74, 6) is 0.199. The van der Waals surface area contributed by atoms with Crippen LogP contribution in [-0.4, -0.2) is 38.2 Å². The summed E-state index contributed by atoms with van der Waals surface area (Å²) in [4.78, 5) is 39.0. The largest absolute Gasteiger partial charge is 0.493 e. The fourth-order valence-corrected chi connectivity index (χ4v) is 4.01. The predicted molar refractivity (Wildman–Crippen MR) is 149 cm³/mol. The Morgan fingerprint density at radius 3 is 2.15 bits per heavy atom. The highest BCUT2D eigenvalue weighted by molar-refractivity contribution is 6.39. The molecule has 4 amide bonds. The van der Waals surface area contributed by atoms with Crippen molar-refractivity contribution in [2.75, 3.05) is 25.2 Å². The molecule has 0 spiro atoms. The van der Waals surface area contributed by atoms with E-state index in [0.29, 0.717) is 29.4 Å². The summed E-state index contributed by atoms with van der Waals surface area (Å²) in [6.07, 6.45) is 1.42. The smallest absolute Gasteiger partial charge is 0.335 e. The van der Waals surface area contributed by atoms with Crippen molar-refractivity contribution < 1.29 is 28.6 Å². The van der Waals surface area contributed by atoms with Gasteiger partial charge in [-0.2, -0.15) is 0 Å². The molecule has 4 rings (SSSR count). The number of nitrogens with one attached hydrogen (secondary N) is 1. The number of methoxy groups -OCH3 is 1. The first-order valence-electron chi connectivity index (χ1n) is 12.6. The number of anilines is 1. The summed E-state index contributed by atoms with van der Waals surface area (Å²) >= 11 is 0. The number of benzene rings is 3. The zero-order valence-electron chi connectivity index (χ0n) is 22.7. The lowest BCUT2D eigenvalue weighted by Crippen LogP contribution is -2.54. The maximum atomic E-state index is 13.1. The zero-order valence-corrected chi connectivity index (χ0v) is 22.7. The van der Waals surface area contributed by atoms with E-state index in [1.165, 1.54) is 18.7 Å². The van der Waals surface area contributed by atoms with Gasteiger partial charge >= 0.3 is 6.03 Å². The first-order valence-corrected chi connectivity index (χ1v) is 12.6. The van der Waals surface area contributed by atoms with E-state index in [-0.39, 0.29) is 17.6 Å². The Kier molecular flexibility index (Phi) is 8.04. The number of imide groups is 2. The van der Waals surface area contributed by atoms with Crippen molar-refractivity contribution in [3.8, 4) is 17.2 Å². The second-order valence-corrected chi connectivity index (χ2v) is 10.2. The van der Waals surface area contributed by atoms with Crippen LogP contribution in [0.25, 0.3) is 6.08 Å². The number of barbiturate groups is 1. The molecule has 202 valence electrons. The van der Waals surface area contributed by atoms with Crippen LogP contribution in [0, 0.1) is 6.92 Å². The van der Waals surface area contributed by atoms with Crippen LogP contribution in [0.3, 0.4) is 0 Å². The van der Waals surface area contributed by atoms with E-state index >= 15 is 0 Å². The molecule has 1 aliphatic heterocycles. The molecule has 3 aromatic rings. The number of urea groups is 1. The van der Waals surface area contributed by atoms with Gasteiger partial charge in [-0.15, -0.1) is 0 Å². The topological polar surface area (TPSA) is 94.2 Å². The van der Waals surface area contributed by atoms with E-state index in [9.17, 15) is 14.4 Å². The molecule has 1 fully saturated rings. The molecule has 1 saturated heterocycles. The number of hydrogen-bond acceptors (Lipinski definition) is 6. The number of hydrogen-bond donors (Lipinski definition) is 1. The molecule has 1 heterocycles. The maximum Gasteiger partial charge on any atom is 0.335 e.